The second kappa shape index (κ2) is 7.94. The van der Waals surface area contributed by atoms with Crippen LogP contribution in [0.15, 0.2) is 34.8 Å². The lowest BCUT2D eigenvalue weighted by atomic mass is 10.0. The van der Waals surface area contributed by atoms with E-state index < -0.39 is 0 Å². The molecule has 0 atom stereocenters. The predicted octanol–water partition coefficient (Wildman–Crippen LogP) is 4.75. The van der Waals surface area contributed by atoms with Crippen molar-refractivity contribution in [1.29, 1.82) is 0 Å². The Balaban J connectivity index is 2.00. The topological polar surface area (TPSA) is 54.7 Å². The van der Waals surface area contributed by atoms with Gasteiger partial charge < -0.3 is 14.4 Å². The average Bonchev–Trinajstić information content (AvgIpc) is 2.99. The minimum atomic E-state index is 0.00307. The maximum Gasteiger partial charge on any atom is 0.162 e. The molecule has 1 aliphatic rings. The predicted molar refractivity (Wildman–Crippen MR) is 118 cm³/mol. The Bertz CT molecular complexity index is 1080. The van der Waals surface area contributed by atoms with E-state index in [9.17, 15) is 9.90 Å². The van der Waals surface area contributed by atoms with Crippen molar-refractivity contribution in [2.45, 2.75) is 27.3 Å². The lowest BCUT2D eigenvalue weighted by molar-refractivity contribution is 0.0340. The van der Waals surface area contributed by atoms with Gasteiger partial charge in [-0.15, -0.1) is 0 Å². The van der Waals surface area contributed by atoms with Crippen LogP contribution >= 0.6 is 15.9 Å². The molecule has 3 aromatic rings. The molecule has 1 aliphatic heterocycles. The fourth-order valence-corrected chi connectivity index (χ4v) is 4.66. The van der Waals surface area contributed by atoms with Gasteiger partial charge >= 0.3 is 0 Å². The second-order valence-electron chi connectivity index (χ2n) is 7.66. The van der Waals surface area contributed by atoms with Crippen molar-refractivity contribution >= 4 is 32.6 Å². The van der Waals surface area contributed by atoms with Crippen LogP contribution in [-0.4, -0.2) is 46.7 Å². The Morgan fingerprint density at radius 3 is 2.45 bits per heavy atom. The van der Waals surface area contributed by atoms with E-state index in [0.29, 0.717) is 29.8 Å². The van der Waals surface area contributed by atoms with Crippen LogP contribution in [0.25, 0.3) is 16.6 Å². The van der Waals surface area contributed by atoms with E-state index in [1.54, 1.807) is 6.92 Å². The zero-order valence-electron chi connectivity index (χ0n) is 17.0. The Kier molecular flexibility index (Phi) is 5.51. The number of carbonyl (C=O) groups is 1. The number of phenols is 1. The molecule has 2 heterocycles. The van der Waals surface area contributed by atoms with Gasteiger partial charge in [-0.05, 0) is 54.9 Å². The standard InChI is InChI=1S/C23H25BrN2O3/c1-14-4-6-17(7-5-14)26-15(2)21(16(3)27)22-18(13-25-8-10-29-11-9-25)23(28)19(24)12-20(22)26/h4-7,12,28H,8-11,13H2,1-3H3. The van der Waals surface area contributed by atoms with Gasteiger partial charge in [0.05, 0.1) is 23.2 Å². The lowest BCUT2D eigenvalue weighted by Gasteiger charge is -2.27. The zero-order valence-corrected chi connectivity index (χ0v) is 18.5. The monoisotopic (exact) mass is 456 g/mol. The first kappa shape index (κ1) is 20.1. The summed E-state index contributed by atoms with van der Waals surface area (Å²) in [6.45, 7) is 9.17. The number of hydrogen-bond acceptors (Lipinski definition) is 4. The van der Waals surface area contributed by atoms with Crippen molar-refractivity contribution in [1.82, 2.24) is 9.47 Å². The molecule has 2 aromatic carbocycles. The number of aromatic hydroxyl groups is 1. The summed E-state index contributed by atoms with van der Waals surface area (Å²) in [4.78, 5) is 14.9. The number of carbonyl (C=O) groups excluding carboxylic acids is 1. The van der Waals surface area contributed by atoms with E-state index in [-0.39, 0.29) is 11.5 Å². The second-order valence-corrected chi connectivity index (χ2v) is 8.51. The third-order valence-electron chi connectivity index (χ3n) is 5.65. The fourth-order valence-electron chi connectivity index (χ4n) is 4.20. The van der Waals surface area contributed by atoms with Crippen LogP contribution in [0.5, 0.6) is 5.75 Å². The van der Waals surface area contributed by atoms with Crippen LogP contribution < -0.4 is 0 Å². The number of hydrogen-bond donors (Lipinski definition) is 1. The number of Topliss-reactive ketones (excluding diaryl/α,β-unsaturated/α-hetero) is 1. The number of morpholine rings is 1. The summed E-state index contributed by atoms with van der Waals surface area (Å²) in [5, 5.41) is 11.8. The molecule has 1 saturated heterocycles. The maximum absolute atomic E-state index is 12.7. The average molecular weight is 457 g/mol. The van der Waals surface area contributed by atoms with Crippen LogP contribution in [0.4, 0.5) is 0 Å². The molecule has 5 nitrogen and oxygen atoms in total. The van der Waals surface area contributed by atoms with Crippen molar-refractivity contribution in [3.05, 3.63) is 57.2 Å². The number of benzene rings is 2. The molecule has 4 rings (SSSR count). The minimum Gasteiger partial charge on any atom is -0.506 e. The Morgan fingerprint density at radius 2 is 1.83 bits per heavy atom. The van der Waals surface area contributed by atoms with Gasteiger partial charge in [-0.25, -0.2) is 0 Å². The van der Waals surface area contributed by atoms with E-state index in [4.69, 9.17) is 4.74 Å². The summed E-state index contributed by atoms with van der Waals surface area (Å²) in [6.07, 6.45) is 0. The Morgan fingerprint density at radius 1 is 1.17 bits per heavy atom. The summed E-state index contributed by atoms with van der Waals surface area (Å²) in [5.74, 6) is 0.204. The summed E-state index contributed by atoms with van der Waals surface area (Å²) in [6, 6.07) is 10.2. The van der Waals surface area contributed by atoms with Crippen molar-refractivity contribution in [3.8, 4) is 11.4 Å². The largest absolute Gasteiger partial charge is 0.506 e. The molecule has 6 heteroatoms. The summed E-state index contributed by atoms with van der Waals surface area (Å²) < 4.78 is 8.20. The van der Waals surface area contributed by atoms with Crippen LogP contribution in [0.3, 0.4) is 0 Å². The van der Waals surface area contributed by atoms with Crippen molar-refractivity contribution in [2.75, 3.05) is 26.3 Å². The number of fused-ring (bicyclic) bond motifs is 1. The number of aromatic nitrogens is 1. The molecule has 0 unspecified atom stereocenters. The smallest absolute Gasteiger partial charge is 0.162 e. The highest BCUT2D eigenvalue weighted by atomic mass is 79.9. The van der Waals surface area contributed by atoms with E-state index in [2.05, 4.69) is 56.6 Å². The molecule has 1 N–H and O–H groups in total. The number of nitrogens with zero attached hydrogens (tertiary/aromatic N) is 2. The molecule has 0 amide bonds. The van der Waals surface area contributed by atoms with Gasteiger partial charge in [0.1, 0.15) is 5.75 Å². The highest BCUT2D eigenvalue weighted by molar-refractivity contribution is 9.10. The Labute approximate surface area is 179 Å². The van der Waals surface area contributed by atoms with E-state index >= 15 is 0 Å². The van der Waals surface area contributed by atoms with Gasteiger partial charge in [-0.3, -0.25) is 9.69 Å². The van der Waals surface area contributed by atoms with Crippen molar-refractivity contribution in [2.24, 2.45) is 0 Å². The van der Waals surface area contributed by atoms with Gasteiger partial charge in [0, 0.05) is 47.5 Å². The molecular weight excluding hydrogens is 432 g/mol. The summed E-state index contributed by atoms with van der Waals surface area (Å²) in [5.41, 5.74) is 5.45. The quantitative estimate of drug-likeness (QED) is 0.575. The summed E-state index contributed by atoms with van der Waals surface area (Å²) >= 11 is 3.53. The third-order valence-corrected chi connectivity index (χ3v) is 6.26. The van der Waals surface area contributed by atoms with Crippen LogP contribution in [0.2, 0.25) is 0 Å². The molecule has 1 aromatic heterocycles. The van der Waals surface area contributed by atoms with Crippen LogP contribution in [-0.2, 0) is 11.3 Å². The van der Waals surface area contributed by atoms with Crippen molar-refractivity contribution in [3.63, 3.8) is 0 Å². The molecular formula is C23H25BrN2O3. The Hall–Kier alpha value is -2.15. The van der Waals surface area contributed by atoms with Gasteiger partial charge in [0.2, 0.25) is 0 Å². The van der Waals surface area contributed by atoms with E-state index in [1.807, 2.05) is 13.0 Å². The van der Waals surface area contributed by atoms with Gasteiger partial charge in [0.15, 0.2) is 5.78 Å². The first-order valence-corrected chi connectivity index (χ1v) is 10.6. The number of halogens is 1. The lowest BCUT2D eigenvalue weighted by Crippen LogP contribution is -2.35. The molecule has 0 bridgehead atoms. The first-order valence-electron chi connectivity index (χ1n) is 9.82. The number of phenolic OH excluding ortho intramolecular Hbond substituents is 1. The van der Waals surface area contributed by atoms with Gasteiger partial charge in [-0.2, -0.15) is 0 Å². The first-order chi connectivity index (χ1) is 13.9. The highest BCUT2D eigenvalue weighted by Gasteiger charge is 2.26. The molecule has 1 fully saturated rings. The molecule has 0 radical (unpaired) electrons. The highest BCUT2D eigenvalue weighted by Crippen LogP contribution is 2.41. The van der Waals surface area contributed by atoms with Crippen LogP contribution in [0.1, 0.15) is 34.1 Å². The number of ketones is 1. The molecule has 0 spiro atoms. The van der Waals surface area contributed by atoms with E-state index in [1.165, 1.54) is 5.56 Å². The van der Waals surface area contributed by atoms with Crippen LogP contribution in [0, 0.1) is 13.8 Å². The molecule has 0 aliphatic carbocycles. The fraction of sp³-hybridized carbons (Fsp3) is 0.348. The minimum absolute atomic E-state index is 0.00307. The zero-order chi connectivity index (χ0) is 20.7. The normalized spacial score (nSPS) is 15.2. The van der Waals surface area contributed by atoms with Crippen molar-refractivity contribution < 1.29 is 14.6 Å². The molecule has 29 heavy (non-hydrogen) atoms. The maximum atomic E-state index is 12.7. The third kappa shape index (κ3) is 3.61. The number of ether oxygens (including phenoxy) is 1. The van der Waals surface area contributed by atoms with Gasteiger partial charge in [0.25, 0.3) is 0 Å². The SMILES string of the molecule is CC(=O)c1c(C)n(-c2ccc(C)cc2)c2cc(Br)c(O)c(CN3CCOCC3)c12. The summed E-state index contributed by atoms with van der Waals surface area (Å²) in [7, 11) is 0. The number of rotatable bonds is 4. The molecule has 0 saturated carbocycles. The van der Waals surface area contributed by atoms with E-state index in [0.717, 1.165) is 40.9 Å². The van der Waals surface area contributed by atoms with Gasteiger partial charge in [-0.1, -0.05) is 17.7 Å². The molecule has 152 valence electrons. The number of aryl methyl sites for hydroxylation is 1.